The fourth-order valence-electron chi connectivity index (χ4n) is 3.02. The molecule has 14 nitrogen and oxygen atoms in total. The molecule has 4 unspecified atom stereocenters. The lowest BCUT2D eigenvalue weighted by molar-refractivity contribution is -0.294. The van der Waals surface area contributed by atoms with Gasteiger partial charge >= 0.3 is 16.4 Å². The summed E-state index contributed by atoms with van der Waals surface area (Å²) in [5.74, 6) is -2.09. The number of hydrogen-bond acceptors (Lipinski definition) is 11. The summed E-state index contributed by atoms with van der Waals surface area (Å²) in [7, 11) is -4.80. The first kappa shape index (κ1) is 23.8. The zero-order valence-electron chi connectivity index (χ0n) is 15.2. The van der Waals surface area contributed by atoms with Crippen molar-refractivity contribution >= 4 is 22.3 Å². The number of nitrogens with one attached hydrogen (secondary N) is 1. The van der Waals surface area contributed by atoms with Crippen molar-refractivity contribution < 1.29 is 61.4 Å². The number of aliphatic carboxylic acids is 1. The molecule has 2 aliphatic heterocycles. The number of carbonyl (C=O) groups is 2. The Kier molecular flexibility index (Phi) is 7.88. The van der Waals surface area contributed by atoms with Crippen molar-refractivity contribution in [2.24, 2.45) is 0 Å². The van der Waals surface area contributed by atoms with Crippen LogP contribution in [-0.4, -0.2) is 107 Å². The van der Waals surface area contributed by atoms with Crippen molar-refractivity contribution in [2.75, 3.05) is 13.2 Å². The SMILES string of the molecule is CC(=O)NC1[C@H](O[C@H]2C(C(=O)O)OCC(O)[C@H]2O)OC(COS(=O)(=O)O)C[C@@H]1O. The van der Waals surface area contributed by atoms with E-state index in [0.717, 1.165) is 6.92 Å². The largest absolute Gasteiger partial charge is 0.479 e. The minimum atomic E-state index is -4.80. The molecule has 2 rings (SSSR count). The van der Waals surface area contributed by atoms with E-state index in [-0.39, 0.29) is 6.42 Å². The highest BCUT2D eigenvalue weighted by molar-refractivity contribution is 7.80. The number of amides is 1. The lowest BCUT2D eigenvalue weighted by atomic mass is 9.97. The van der Waals surface area contributed by atoms with Gasteiger partial charge in [0.05, 0.1) is 25.4 Å². The van der Waals surface area contributed by atoms with Crippen molar-refractivity contribution in [3.05, 3.63) is 0 Å². The Morgan fingerprint density at radius 3 is 2.41 bits per heavy atom. The number of carboxylic acid groups (broad SMARTS) is 1. The third-order valence-electron chi connectivity index (χ3n) is 4.32. The Morgan fingerprint density at radius 1 is 1.21 bits per heavy atom. The van der Waals surface area contributed by atoms with Gasteiger partial charge in [0.2, 0.25) is 5.91 Å². The van der Waals surface area contributed by atoms with Gasteiger partial charge in [-0.3, -0.25) is 9.35 Å². The molecule has 2 fully saturated rings. The van der Waals surface area contributed by atoms with Crippen LogP contribution in [0.2, 0.25) is 0 Å². The molecule has 6 N–H and O–H groups in total. The van der Waals surface area contributed by atoms with Crippen LogP contribution in [0, 0.1) is 0 Å². The summed E-state index contributed by atoms with van der Waals surface area (Å²) in [6, 6.07) is -1.23. The highest BCUT2D eigenvalue weighted by Crippen LogP contribution is 2.27. The summed E-state index contributed by atoms with van der Waals surface area (Å²) in [6.07, 6.45) is -10.8. The minimum absolute atomic E-state index is 0.227. The molecule has 168 valence electrons. The Labute approximate surface area is 165 Å². The highest BCUT2D eigenvalue weighted by atomic mass is 32.3. The maximum Gasteiger partial charge on any atom is 0.397 e. The second-order valence-corrected chi connectivity index (χ2v) is 7.71. The number of rotatable bonds is 7. The van der Waals surface area contributed by atoms with E-state index in [9.17, 15) is 38.4 Å². The van der Waals surface area contributed by atoms with Crippen molar-refractivity contribution in [2.45, 2.75) is 62.3 Å². The number of hydrogen-bond donors (Lipinski definition) is 6. The summed E-state index contributed by atoms with van der Waals surface area (Å²) in [4.78, 5) is 22.8. The van der Waals surface area contributed by atoms with Gasteiger partial charge in [0.15, 0.2) is 12.4 Å². The average molecular weight is 445 g/mol. The first-order valence-electron chi connectivity index (χ1n) is 8.47. The van der Waals surface area contributed by atoms with Crippen LogP contribution in [-0.2, 0) is 38.4 Å². The van der Waals surface area contributed by atoms with Gasteiger partial charge in [-0.25, -0.2) is 8.98 Å². The molecular weight excluding hydrogens is 422 g/mol. The molecule has 0 radical (unpaired) electrons. The first-order valence-corrected chi connectivity index (χ1v) is 9.84. The van der Waals surface area contributed by atoms with Crippen molar-refractivity contribution in [1.82, 2.24) is 5.32 Å². The first-order chi connectivity index (χ1) is 13.4. The van der Waals surface area contributed by atoms with Gasteiger partial charge in [-0.05, 0) is 0 Å². The van der Waals surface area contributed by atoms with Gasteiger partial charge < -0.3 is 40.0 Å². The predicted molar refractivity (Wildman–Crippen MR) is 88.7 cm³/mol. The second-order valence-electron chi connectivity index (χ2n) is 6.62. The quantitative estimate of drug-likeness (QED) is 0.209. The molecule has 15 heteroatoms. The van der Waals surface area contributed by atoms with E-state index in [2.05, 4.69) is 9.50 Å². The standard InChI is InChI=1S/C14H23NO13S/c1-5(16)15-9-7(17)2-6(3-26-29(22,23)24)27-14(9)28-11-10(19)8(18)4-25-12(11)13(20)21/h6-12,14,17-19H,2-4H2,1H3,(H,15,16)(H,20,21)(H,22,23,24)/t6?,7-,8?,9?,10+,11+,12?,14-/m0/s1. The second kappa shape index (κ2) is 9.59. The van der Waals surface area contributed by atoms with E-state index in [1.54, 1.807) is 0 Å². The molecule has 0 saturated carbocycles. The van der Waals surface area contributed by atoms with E-state index >= 15 is 0 Å². The fraction of sp³-hybridized carbons (Fsp3) is 0.857. The predicted octanol–water partition coefficient (Wildman–Crippen LogP) is -3.62. The molecule has 29 heavy (non-hydrogen) atoms. The van der Waals surface area contributed by atoms with Gasteiger partial charge in [-0.15, -0.1) is 0 Å². The molecule has 0 spiro atoms. The summed E-state index contributed by atoms with van der Waals surface area (Å²) >= 11 is 0. The van der Waals surface area contributed by atoms with Gasteiger partial charge in [0.25, 0.3) is 0 Å². The molecule has 2 heterocycles. The smallest absolute Gasteiger partial charge is 0.397 e. The minimum Gasteiger partial charge on any atom is -0.479 e. The molecule has 0 aromatic rings. The highest BCUT2D eigenvalue weighted by Gasteiger charge is 2.48. The topological polar surface area (TPSA) is 218 Å². The summed E-state index contributed by atoms with van der Waals surface area (Å²) in [5, 5.41) is 41.8. The van der Waals surface area contributed by atoms with Crippen LogP contribution >= 0.6 is 0 Å². The molecule has 0 aliphatic carbocycles. The zero-order valence-corrected chi connectivity index (χ0v) is 16.0. The normalized spacial score (nSPS) is 38.4. The number of ether oxygens (including phenoxy) is 3. The van der Waals surface area contributed by atoms with Crippen LogP contribution < -0.4 is 5.32 Å². The van der Waals surface area contributed by atoms with Crippen LogP contribution in [0.4, 0.5) is 0 Å². The van der Waals surface area contributed by atoms with Crippen molar-refractivity contribution in [3.8, 4) is 0 Å². The molecule has 2 saturated heterocycles. The molecule has 2 aliphatic rings. The van der Waals surface area contributed by atoms with Crippen LogP contribution in [0.1, 0.15) is 13.3 Å². The fourth-order valence-corrected chi connectivity index (χ4v) is 3.35. The number of carbonyl (C=O) groups excluding carboxylic acids is 1. The average Bonchev–Trinajstić information content (AvgIpc) is 2.59. The van der Waals surface area contributed by atoms with Crippen LogP contribution in [0.3, 0.4) is 0 Å². The molecule has 8 atom stereocenters. The van der Waals surface area contributed by atoms with Gasteiger partial charge in [0, 0.05) is 13.3 Å². The molecule has 0 bridgehead atoms. The van der Waals surface area contributed by atoms with Gasteiger partial charge in [-0.2, -0.15) is 8.42 Å². The van der Waals surface area contributed by atoms with Crippen LogP contribution in [0.15, 0.2) is 0 Å². The third-order valence-corrected chi connectivity index (χ3v) is 4.76. The summed E-state index contributed by atoms with van der Waals surface area (Å²) < 4.78 is 50.2. The van der Waals surface area contributed by atoms with Crippen molar-refractivity contribution in [1.29, 1.82) is 0 Å². The lowest BCUT2D eigenvalue weighted by Gasteiger charge is -2.43. The van der Waals surface area contributed by atoms with E-state index in [4.69, 9.17) is 18.8 Å². The van der Waals surface area contributed by atoms with E-state index in [0.29, 0.717) is 0 Å². The van der Waals surface area contributed by atoms with Gasteiger partial charge in [-0.1, -0.05) is 0 Å². The number of aliphatic hydroxyl groups excluding tert-OH is 3. The molecular formula is C14H23NO13S. The number of carboxylic acids is 1. The molecule has 1 amide bonds. The van der Waals surface area contributed by atoms with Gasteiger partial charge in [0.1, 0.15) is 24.4 Å². The Hall–Kier alpha value is -1.43. The summed E-state index contributed by atoms with van der Waals surface area (Å²) in [5.41, 5.74) is 0. The van der Waals surface area contributed by atoms with Crippen LogP contribution in [0.5, 0.6) is 0 Å². The number of aliphatic hydroxyl groups is 3. The molecule has 0 aromatic heterocycles. The van der Waals surface area contributed by atoms with E-state index in [1.165, 1.54) is 0 Å². The maximum atomic E-state index is 11.4. The molecule has 0 aromatic carbocycles. The monoisotopic (exact) mass is 445 g/mol. The zero-order chi connectivity index (χ0) is 21.9. The third kappa shape index (κ3) is 6.53. The van der Waals surface area contributed by atoms with E-state index < -0.39 is 84.4 Å². The summed E-state index contributed by atoms with van der Waals surface area (Å²) in [6.45, 7) is -0.0387. The lowest BCUT2D eigenvalue weighted by Crippen LogP contribution is -2.63. The Balaban J connectivity index is 2.21. The Morgan fingerprint density at radius 2 is 1.86 bits per heavy atom. The maximum absolute atomic E-state index is 11.4. The van der Waals surface area contributed by atoms with Crippen molar-refractivity contribution in [3.63, 3.8) is 0 Å². The Bertz CT molecular complexity index is 700. The van der Waals surface area contributed by atoms with Crippen LogP contribution in [0.25, 0.3) is 0 Å². The van der Waals surface area contributed by atoms with E-state index in [1.807, 2.05) is 0 Å².